The average molecular weight is 278 g/mol. The quantitative estimate of drug-likeness (QED) is 0.747. The van der Waals surface area contributed by atoms with E-state index in [1.54, 1.807) is 7.05 Å². The van der Waals surface area contributed by atoms with E-state index in [4.69, 9.17) is 4.74 Å². The van der Waals surface area contributed by atoms with Gasteiger partial charge in [-0.05, 0) is 13.8 Å². The number of nitrogens with one attached hydrogen (secondary N) is 2. The van der Waals surface area contributed by atoms with Crippen LogP contribution in [0.5, 0.6) is 0 Å². The number of anilines is 2. The van der Waals surface area contributed by atoms with Crippen molar-refractivity contribution in [3.63, 3.8) is 0 Å². The summed E-state index contributed by atoms with van der Waals surface area (Å²) in [6, 6.07) is 0.0886. The Morgan fingerprint density at radius 1 is 1.30 bits per heavy atom. The van der Waals surface area contributed by atoms with Crippen LogP contribution in [-0.2, 0) is 4.74 Å². The SMILES string of the molecule is CCOCC(C)Nc1nc(NC)nc(-n2cncn2)n1. The molecule has 0 aromatic carbocycles. The summed E-state index contributed by atoms with van der Waals surface area (Å²) >= 11 is 0. The first-order valence-corrected chi connectivity index (χ1v) is 6.36. The number of hydrogen-bond donors (Lipinski definition) is 2. The van der Waals surface area contributed by atoms with Gasteiger partial charge in [-0.3, -0.25) is 0 Å². The lowest BCUT2D eigenvalue weighted by Gasteiger charge is -2.14. The summed E-state index contributed by atoms with van der Waals surface area (Å²) in [6.07, 6.45) is 2.95. The third kappa shape index (κ3) is 3.60. The molecule has 9 heteroatoms. The van der Waals surface area contributed by atoms with Gasteiger partial charge >= 0.3 is 0 Å². The minimum absolute atomic E-state index is 0.0886. The minimum atomic E-state index is 0.0886. The van der Waals surface area contributed by atoms with Crippen LogP contribution in [0, 0.1) is 0 Å². The van der Waals surface area contributed by atoms with Crippen LogP contribution in [0.2, 0.25) is 0 Å². The molecule has 0 aliphatic rings. The molecule has 1 unspecified atom stereocenters. The monoisotopic (exact) mass is 278 g/mol. The lowest BCUT2D eigenvalue weighted by molar-refractivity contribution is 0.141. The Labute approximate surface area is 116 Å². The molecule has 0 saturated carbocycles. The lowest BCUT2D eigenvalue weighted by atomic mass is 10.4. The van der Waals surface area contributed by atoms with Crippen molar-refractivity contribution in [2.75, 3.05) is 30.9 Å². The van der Waals surface area contributed by atoms with E-state index in [0.717, 1.165) is 0 Å². The predicted molar refractivity (Wildman–Crippen MR) is 73.9 cm³/mol. The minimum Gasteiger partial charge on any atom is -0.380 e. The second-order valence-corrected chi connectivity index (χ2v) is 4.08. The fourth-order valence-electron chi connectivity index (χ4n) is 1.51. The van der Waals surface area contributed by atoms with Crippen molar-refractivity contribution in [3.8, 4) is 5.95 Å². The first-order chi connectivity index (χ1) is 9.72. The Bertz CT molecular complexity index is 529. The highest BCUT2D eigenvalue weighted by Gasteiger charge is 2.10. The predicted octanol–water partition coefficient (Wildman–Crippen LogP) is 0.331. The van der Waals surface area contributed by atoms with Gasteiger partial charge < -0.3 is 15.4 Å². The molecule has 0 bridgehead atoms. The number of rotatable bonds is 7. The molecule has 0 amide bonds. The molecule has 0 aliphatic heterocycles. The Hall–Kier alpha value is -2.29. The van der Waals surface area contributed by atoms with Gasteiger partial charge in [-0.2, -0.15) is 24.7 Å². The molecule has 108 valence electrons. The molecular formula is C11H18N8O. The summed E-state index contributed by atoms with van der Waals surface area (Å²) in [5.41, 5.74) is 0. The first-order valence-electron chi connectivity index (χ1n) is 6.36. The number of nitrogens with zero attached hydrogens (tertiary/aromatic N) is 6. The maximum atomic E-state index is 5.35. The molecule has 2 rings (SSSR count). The molecular weight excluding hydrogens is 260 g/mol. The van der Waals surface area contributed by atoms with Crippen LogP contribution in [0.15, 0.2) is 12.7 Å². The Balaban J connectivity index is 2.18. The summed E-state index contributed by atoms with van der Waals surface area (Å²) < 4.78 is 6.82. The van der Waals surface area contributed by atoms with Crippen molar-refractivity contribution < 1.29 is 4.74 Å². The van der Waals surface area contributed by atoms with E-state index in [9.17, 15) is 0 Å². The Morgan fingerprint density at radius 3 is 2.75 bits per heavy atom. The Kier molecular flexibility index (Phi) is 4.77. The van der Waals surface area contributed by atoms with Gasteiger partial charge in [-0.15, -0.1) is 0 Å². The zero-order valence-electron chi connectivity index (χ0n) is 11.7. The van der Waals surface area contributed by atoms with Crippen LogP contribution >= 0.6 is 0 Å². The van der Waals surface area contributed by atoms with Crippen LogP contribution < -0.4 is 10.6 Å². The first kappa shape index (κ1) is 14.1. The van der Waals surface area contributed by atoms with Gasteiger partial charge in [0.2, 0.25) is 11.9 Å². The Morgan fingerprint density at radius 2 is 2.10 bits per heavy atom. The van der Waals surface area contributed by atoms with Crippen LogP contribution in [0.4, 0.5) is 11.9 Å². The maximum absolute atomic E-state index is 5.35. The van der Waals surface area contributed by atoms with Gasteiger partial charge in [0.25, 0.3) is 5.95 Å². The van der Waals surface area contributed by atoms with E-state index in [1.807, 2.05) is 13.8 Å². The van der Waals surface area contributed by atoms with Crippen LogP contribution in [0.25, 0.3) is 5.95 Å². The zero-order chi connectivity index (χ0) is 14.4. The number of aromatic nitrogens is 6. The summed E-state index contributed by atoms with van der Waals surface area (Å²) in [7, 11) is 1.74. The van der Waals surface area contributed by atoms with E-state index in [-0.39, 0.29) is 6.04 Å². The number of ether oxygens (including phenoxy) is 1. The summed E-state index contributed by atoms with van der Waals surface area (Å²) in [4.78, 5) is 16.6. The average Bonchev–Trinajstić information content (AvgIpc) is 2.99. The van der Waals surface area contributed by atoms with E-state index in [0.29, 0.717) is 31.1 Å². The molecule has 9 nitrogen and oxygen atoms in total. The normalized spacial score (nSPS) is 12.2. The molecule has 2 aromatic heterocycles. The second-order valence-electron chi connectivity index (χ2n) is 4.08. The van der Waals surface area contributed by atoms with Gasteiger partial charge in [0, 0.05) is 19.7 Å². The van der Waals surface area contributed by atoms with E-state index in [2.05, 4.69) is 35.7 Å². The molecule has 1 atom stereocenters. The summed E-state index contributed by atoms with van der Waals surface area (Å²) in [5, 5.41) is 10.1. The lowest BCUT2D eigenvalue weighted by Crippen LogP contribution is -2.24. The van der Waals surface area contributed by atoms with Gasteiger partial charge in [0.15, 0.2) is 0 Å². The van der Waals surface area contributed by atoms with Crippen molar-refractivity contribution in [1.29, 1.82) is 0 Å². The third-order valence-corrected chi connectivity index (χ3v) is 2.42. The van der Waals surface area contributed by atoms with Crippen molar-refractivity contribution in [3.05, 3.63) is 12.7 Å². The highest BCUT2D eigenvalue weighted by molar-refractivity contribution is 5.37. The van der Waals surface area contributed by atoms with Crippen LogP contribution in [0.1, 0.15) is 13.8 Å². The van der Waals surface area contributed by atoms with Gasteiger partial charge in [-0.25, -0.2) is 4.98 Å². The van der Waals surface area contributed by atoms with Crippen molar-refractivity contribution in [2.45, 2.75) is 19.9 Å². The number of hydrogen-bond acceptors (Lipinski definition) is 8. The highest BCUT2D eigenvalue weighted by atomic mass is 16.5. The topological polar surface area (TPSA) is 103 Å². The summed E-state index contributed by atoms with van der Waals surface area (Å²) in [6.45, 7) is 5.20. The van der Waals surface area contributed by atoms with Crippen molar-refractivity contribution in [1.82, 2.24) is 29.7 Å². The largest absolute Gasteiger partial charge is 0.380 e. The smallest absolute Gasteiger partial charge is 0.258 e. The van der Waals surface area contributed by atoms with E-state index < -0.39 is 0 Å². The molecule has 2 aromatic rings. The molecule has 0 aliphatic carbocycles. The molecule has 2 heterocycles. The van der Waals surface area contributed by atoms with Crippen molar-refractivity contribution in [2.24, 2.45) is 0 Å². The molecule has 0 spiro atoms. The highest BCUT2D eigenvalue weighted by Crippen LogP contribution is 2.09. The maximum Gasteiger partial charge on any atom is 0.258 e. The second kappa shape index (κ2) is 6.75. The van der Waals surface area contributed by atoms with Gasteiger partial charge in [0.1, 0.15) is 12.7 Å². The van der Waals surface area contributed by atoms with Crippen LogP contribution in [-0.4, -0.2) is 56.0 Å². The third-order valence-electron chi connectivity index (χ3n) is 2.42. The van der Waals surface area contributed by atoms with Crippen LogP contribution in [0.3, 0.4) is 0 Å². The molecule has 0 saturated heterocycles. The summed E-state index contributed by atoms with van der Waals surface area (Å²) in [5.74, 6) is 1.31. The molecule has 0 fully saturated rings. The standard InChI is InChI=1S/C11H18N8O/c1-4-20-5-8(2)15-10-16-9(12-3)17-11(18-10)19-7-13-6-14-19/h6-8H,4-5H2,1-3H3,(H2,12,15,16,17,18). The van der Waals surface area contributed by atoms with E-state index in [1.165, 1.54) is 17.3 Å². The molecule has 20 heavy (non-hydrogen) atoms. The molecule has 2 N–H and O–H groups in total. The fourth-order valence-corrected chi connectivity index (χ4v) is 1.51. The fraction of sp³-hybridized carbons (Fsp3) is 0.545. The molecule has 0 radical (unpaired) electrons. The zero-order valence-corrected chi connectivity index (χ0v) is 11.7. The van der Waals surface area contributed by atoms with E-state index >= 15 is 0 Å². The van der Waals surface area contributed by atoms with Gasteiger partial charge in [0.05, 0.1) is 6.61 Å². The van der Waals surface area contributed by atoms with Crippen molar-refractivity contribution >= 4 is 11.9 Å². The van der Waals surface area contributed by atoms with Gasteiger partial charge in [-0.1, -0.05) is 0 Å².